The van der Waals surface area contributed by atoms with E-state index in [1.165, 1.54) is 26.0 Å². The zero-order valence-corrected chi connectivity index (χ0v) is 12.8. The van der Waals surface area contributed by atoms with Gasteiger partial charge in [0.25, 0.3) is 0 Å². The van der Waals surface area contributed by atoms with Crippen molar-refractivity contribution < 1.29 is 29.0 Å². The Kier molecular flexibility index (Phi) is 6.97. The van der Waals surface area contributed by atoms with Crippen LogP contribution in [0, 0.1) is 0 Å². The highest BCUT2D eigenvalue weighted by Gasteiger charge is 2.12. The Morgan fingerprint density at radius 2 is 1.82 bits per heavy atom. The van der Waals surface area contributed by atoms with E-state index in [1.54, 1.807) is 24.3 Å². The number of hydrogen-bond donors (Lipinski definition) is 2. The van der Waals surface area contributed by atoms with Gasteiger partial charge in [-0.1, -0.05) is 0 Å². The van der Waals surface area contributed by atoms with Crippen LogP contribution >= 0.6 is 11.8 Å². The molecule has 22 heavy (non-hydrogen) atoms. The second-order valence-electron chi connectivity index (χ2n) is 3.90. The van der Waals surface area contributed by atoms with Gasteiger partial charge in [-0.2, -0.15) is 0 Å². The standard InChI is InChI=1S/C14H15NO6S/c1-20-13(18)7-11(14(19)21-2)15-9-3-5-10(6-4-9)22-8-12(16)17/h3-7,15H,8H2,1-2H3,(H,16,17)/b11-7+. The van der Waals surface area contributed by atoms with Crippen LogP contribution in [0.4, 0.5) is 5.69 Å². The number of carboxylic acid groups (broad SMARTS) is 1. The molecular weight excluding hydrogens is 310 g/mol. The number of ether oxygens (including phenoxy) is 2. The van der Waals surface area contributed by atoms with Gasteiger partial charge in [0.2, 0.25) is 0 Å². The predicted molar refractivity (Wildman–Crippen MR) is 80.5 cm³/mol. The molecule has 8 heteroatoms. The van der Waals surface area contributed by atoms with Gasteiger partial charge in [0, 0.05) is 10.6 Å². The molecular formula is C14H15NO6S. The maximum Gasteiger partial charge on any atom is 0.354 e. The number of hydrogen-bond acceptors (Lipinski definition) is 7. The smallest absolute Gasteiger partial charge is 0.354 e. The van der Waals surface area contributed by atoms with E-state index in [4.69, 9.17) is 5.11 Å². The number of carboxylic acids is 1. The van der Waals surface area contributed by atoms with E-state index < -0.39 is 17.9 Å². The summed E-state index contributed by atoms with van der Waals surface area (Å²) in [6.45, 7) is 0. The highest BCUT2D eigenvalue weighted by atomic mass is 32.2. The van der Waals surface area contributed by atoms with Crippen LogP contribution in [0.1, 0.15) is 0 Å². The first-order valence-electron chi connectivity index (χ1n) is 6.06. The number of methoxy groups -OCH3 is 2. The molecule has 0 saturated carbocycles. The van der Waals surface area contributed by atoms with E-state index >= 15 is 0 Å². The third kappa shape index (κ3) is 5.88. The summed E-state index contributed by atoms with van der Waals surface area (Å²) in [7, 11) is 2.39. The van der Waals surface area contributed by atoms with Crippen molar-refractivity contribution >= 4 is 35.4 Å². The molecule has 0 aliphatic carbocycles. The summed E-state index contributed by atoms with van der Waals surface area (Å²) in [5.41, 5.74) is 0.473. The molecule has 0 saturated heterocycles. The molecule has 2 N–H and O–H groups in total. The van der Waals surface area contributed by atoms with Crippen LogP contribution in [0.3, 0.4) is 0 Å². The molecule has 0 bridgehead atoms. The van der Waals surface area contributed by atoms with E-state index in [0.717, 1.165) is 11.0 Å². The number of carbonyl (C=O) groups is 3. The van der Waals surface area contributed by atoms with Crippen LogP contribution in [0.25, 0.3) is 0 Å². The molecule has 1 rings (SSSR count). The van der Waals surface area contributed by atoms with Crippen LogP contribution in [0.5, 0.6) is 0 Å². The summed E-state index contributed by atoms with van der Waals surface area (Å²) in [4.78, 5) is 34.1. The maximum absolute atomic E-state index is 11.6. The zero-order chi connectivity index (χ0) is 16.5. The van der Waals surface area contributed by atoms with Crippen molar-refractivity contribution in [1.29, 1.82) is 0 Å². The largest absolute Gasteiger partial charge is 0.481 e. The molecule has 0 atom stereocenters. The molecule has 0 aliphatic heterocycles. The molecule has 0 amide bonds. The van der Waals surface area contributed by atoms with E-state index in [-0.39, 0.29) is 11.4 Å². The van der Waals surface area contributed by atoms with E-state index in [1.807, 2.05) is 0 Å². The molecule has 0 spiro atoms. The fourth-order valence-corrected chi connectivity index (χ4v) is 1.99. The van der Waals surface area contributed by atoms with Crippen LogP contribution in [-0.2, 0) is 23.9 Å². The zero-order valence-electron chi connectivity index (χ0n) is 12.0. The molecule has 0 unspecified atom stereocenters. The van der Waals surface area contributed by atoms with Gasteiger partial charge in [-0.05, 0) is 24.3 Å². The summed E-state index contributed by atoms with van der Waals surface area (Å²) in [6, 6.07) is 6.70. The Morgan fingerprint density at radius 1 is 1.18 bits per heavy atom. The fraction of sp³-hybridized carbons (Fsp3) is 0.214. The Bertz CT molecular complexity index is 582. The maximum atomic E-state index is 11.6. The Labute approximate surface area is 131 Å². The van der Waals surface area contributed by atoms with Crippen molar-refractivity contribution in [3.8, 4) is 0 Å². The topological polar surface area (TPSA) is 102 Å². The number of carbonyl (C=O) groups excluding carboxylic acids is 2. The first-order chi connectivity index (χ1) is 10.5. The fourth-order valence-electron chi connectivity index (χ4n) is 1.37. The van der Waals surface area contributed by atoms with Crippen molar-refractivity contribution in [2.45, 2.75) is 4.90 Å². The highest BCUT2D eigenvalue weighted by Crippen LogP contribution is 2.21. The Morgan fingerprint density at radius 3 is 2.32 bits per heavy atom. The minimum Gasteiger partial charge on any atom is -0.481 e. The minimum absolute atomic E-state index is 0.0393. The number of thioether (sulfide) groups is 1. The third-order valence-electron chi connectivity index (χ3n) is 2.36. The number of benzene rings is 1. The summed E-state index contributed by atoms with van der Waals surface area (Å²) >= 11 is 1.17. The lowest BCUT2D eigenvalue weighted by Gasteiger charge is -2.09. The average molecular weight is 325 g/mol. The van der Waals surface area contributed by atoms with E-state index in [0.29, 0.717) is 5.69 Å². The SMILES string of the molecule is COC(=O)/C=C(/Nc1ccc(SCC(=O)O)cc1)C(=O)OC. The molecule has 1 aromatic rings. The van der Waals surface area contributed by atoms with Crippen LogP contribution in [-0.4, -0.2) is 43.0 Å². The molecule has 0 fully saturated rings. The van der Waals surface area contributed by atoms with Gasteiger partial charge in [0.15, 0.2) is 0 Å². The average Bonchev–Trinajstić information content (AvgIpc) is 2.52. The van der Waals surface area contributed by atoms with E-state index in [2.05, 4.69) is 14.8 Å². The second kappa shape index (κ2) is 8.73. The molecule has 0 aromatic heterocycles. The number of esters is 2. The van der Waals surface area contributed by atoms with Crippen molar-refractivity contribution in [1.82, 2.24) is 0 Å². The quantitative estimate of drug-likeness (QED) is 0.442. The molecule has 118 valence electrons. The number of rotatable bonds is 7. The van der Waals surface area contributed by atoms with Crippen molar-refractivity contribution in [3.63, 3.8) is 0 Å². The number of nitrogens with one attached hydrogen (secondary N) is 1. The molecule has 0 aliphatic rings. The molecule has 1 aromatic carbocycles. The third-order valence-corrected chi connectivity index (χ3v) is 3.36. The highest BCUT2D eigenvalue weighted by molar-refractivity contribution is 8.00. The lowest BCUT2D eigenvalue weighted by Crippen LogP contribution is -2.15. The summed E-state index contributed by atoms with van der Waals surface area (Å²) in [5, 5.41) is 11.4. The van der Waals surface area contributed by atoms with Gasteiger partial charge >= 0.3 is 17.9 Å². The van der Waals surface area contributed by atoms with Crippen molar-refractivity contribution in [2.24, 2.45) is 0 Å². The molecule has 7 nitrogen and oxygen atoms in total. The van der Waals surface area contributed by atoms with Crippen LogP contribution < -0.4 is 5.32 Å². The molecule has 0 radical (unpaired) electrons. The first kappa shape index (κ1) is 17.6. The summed E-state index contributed by atoms with van der Waals surface area (Å²) in [6.07, 6.45) is 0.985. The van der Waals surface area contributed by atoms with Gasteiger partial charge in [0.1, 0.15) is 5.70 Å². The first-order valence-corrected chi connectivity index (χ1v) is 7.04. The number of anilines is 1. The monoisotopic (exact) mass is 325 g/mol. The lowest BCUT2D eigenvalue weighted by molar-refractivity contribution is -0.138. The van der Waals surface area contributed by atoms with Crippen molar-refractivity contribution in [2.75, 3.05) is 25.3 Å². The Balaban J connectivity index is 2.81. The van der Waals surface area contributed by atoms with E-state index in [9.17, 15) is 14.4 Å². The summed E-state index contributed by atoms with van der Waals surface area (Å²) < 4.78 is 9.04. The van der Waals surface area contributed by atoms with Crippen LogP contribution in [0.15, 0.2) is 40.9 Å². The van der Waals surface area contributed by atoms with Gasteiger partial charge in [-0.15, -0.1) is 11.8 Å². The van der Waals surface area contributed by atoms with Crippen LogP contribution in [0.2, 0.25) is 0 Å². The second-order valence-corrected chi connectivity index (χ2v) is 4.95. The van der Waals surface area contributed by atoms with Gasteiger partial charge < -0.3 is 19.9 Å². The normalized spacial score (nSPS) is 10.7. The number of aliphatic carboxylic acids is 1. The predicted octanol–water partition coefficient (Wildman–Crippen LogP) is 1.51. The minimum atomic E-state index is -0.902. The van der Waals surface area contributed by atoms with Gasteiger partial charge in [-0.25, -0.2) is 9.59 Å². The van der Waals surface area contributed by atoms with Gasteiger partial charge in [0.05, 0.1) is 26.0 Å². The van der Waals surface area contributed by atoms with Gasteiger partial charge in [-0.3, -0.25) is 4.79 Å². The Hall–Kier alpha value is -2.48. The lowest BCUT2D eigenvalue weighted by atomic mass is 10.3. The summed E-state index contributed by atoms with van der Waals surface area (Å²) in [5.74, 6) is -2.35. The van der Waals surface area contributed by atoms with Crippen molar-refractivity contribution in [3.05, 3.63) is 36.0 Å². The molecule has 0 heterocycles.